The molecule has 0 aliphatic heterocycles. The van der Waals surface area contributed by atoms with Gasteiger partial charge in [0, 0.05) is 34.3 Å². The zero-order valence-corrected chi connectivity index (χ0v) is 17.8. The van der Waals surface area contributed by atoms with Crippen LogP contribution in [0.2, 0.25) is 0 Å². The first kappa shape index (κ1) is 19.7. The van der Waals surface area contributed by atoms with Gasteiger partial charge in [0.15, 0.2) is 5.82 Å². The monoisotopic (exact) mass is 464 g/mol. The minimum atomic E-state index is -0.246. The molecule has 30 heavy (non-hydrogen) atoms. The van der Waals surface area contributed by atoms with E-state index in [1.165, 1.54) is 6.20 Å². The average molecular weight is 465 g/mol. The van der Waals surface area contributed by atoms with E-state index >= 15 is 0 Å². The Bertz CT molecular complexity index is 1190. The molecular weight excluding hydrogens is 448 g/mol. The molecule has 8 nitrogen and oxygen atoms in total. The van der Waals surface area contributed by atoms with Gasteiger partial charge in [-0.05, 0) is 66.2 Å². The smallest absolute Gasteiger partial charge is 0.257 e. The van der Waals surface area contributed by atoms with Crippen molar-refractivity contribution < 1.29 is 9.53 Å². The fraction of sp³-hybridized carbons (Fsp3) is 0.0952. The molecule has 9 heteroatoms. The summed E-state index contributed by atoms with van der Waals surface area (Å²) in [4.78, 5) is 20.5. The SMILES string of the molecule is Cc1ncn(-c2ccc(Oc3ccc(NC(=O)c4cncc(Br)c4)cc3)nn2)c1C. The first-order chi connectivity index (χ1) is 14.5. The number of carbonyl (C=O) groups is 1. The van der Waals surface area contributed by atoms with Gasteiger partial charge in [-0.2, -0.15) is 0 Å². The summed E-state index contributed by atoms with van der Waals surface area (Å²) in [6.07, 6.45) is 4.84. The fourth-order valence-electron chi connectivity index (χ4n) is 2.69. The van der Waals surface area contributed by atoms with Crippen LogP contribution < -0.4 is 10.1 Å². The number of nitrogens with one attached hydrogen (secondary N) is 1. The van der Waals surface area contributed by atoms with E-state index < -0.39 is 0 Å². The zero-order chi connectivity index (χ0) is 21.1. The van der Waals surface area contributed by atoms with Crippen molar-refractivity contribution in [3.63, 3.8) is 0 Å². The van der Waals surface area contributed by atoms with E-state index in [2.05, 4.69) is 41.4 Å². The molecule has 0 radical (unpaired) electrons. The molecule has 0 saturated heterocycles. The molecule has 0 aliphatic carbocycles. The molecule has 3 aromatic heterocycles. The summed E-state index contributed by atoms with van der Waals surface area (Å²) in [7, 11) is 0. The van der Waals surface area contributed by atoms with Crippen molar-refractivity contribution in [3.05, 3.63) is 82.6 Å². The third-order valence-electron chi connectivity index (χ3n) is 4.43. The first-order valence-electron chi connectivity index (χ1n) is 9.04. The van der Waals surface area contributed by atoms with Crippen LogP contribution in [0, 0.1) is 13.8 Å². The normalized spacial score (nSPS) is 10.6. The summed E-state index contributed by atoms with van der Waals surface area (Å²) in [5.74, 6) is 1.36. The molecule has 4 rings (SSSR count). The van der Waals surface area contributed by atoms with Crippen LogP contribution in [0.5, 0.6) is 11.6 Å². The number of ether oxygens (including phenoxy) is 1. The lowest BCUT2D eigenvalue weighted by Gasteiger charge is -2.08. The zero-order valence-electron chi connectivity index (χ0n) is 16.2. The number of rotatable bonds is 5. The molecule has 3 heterocycles. The maximum Gasteiger partial charge on any atom is 0.257 e. The van der Waals surface area contributed by atoms with Crippen LogP contribution in [0.25, 0.3) is 5.82 Å². The van der Waals surface area contributed by atoms with Crippen molar-refractivity contribution in [1.29, 1.82) is 0 Å². The topological polar surface area (TPSA) is 94.8 Å². The number of halogens is 1. The minimum absolute atomic E-state index is 0.246. The van der Waals surface area contributed by atoms with Crippen molar-refractivity contribution in [2.24, 2.45) is 0 Å². The number of anilines is 1. The number of nitrogens with zero attached hydrogens (tertiary/aromatic N) is 5. The van der Waals surface area contributed by atoms with Crippen LogP contribution in [0.3, 0.4) is 0 Å². The van der Waals surface area contributed by atoms with Crippen LogP contribution in [-0.2, 0) is 0 Å². The van der Waals surface area contributed by atoms with E-state index in [1.807, 2.05) is 24.5 Å². The highest BCUT2D eigenvalue weighted by molar-refractivity contribution is 9.10. The number of benzene rings is 1. The highest BCUT2D eigenvalue weighted by Gasteiger charge is 2.09. The van der Waals surface area contributed by atoms with E-state index in [0.717, 1.165) is 15.9 Å². The van der Waals surface area contributed by atoms with Gasteiger partial charge in [-0.1, -0.05) is 0 Å². The van der Waals surface area contributed by atoms with Crippen LogP contribution in [0.4, 0.5) is 5.69 Å². The lowest BCUT2D eigenvalue weighted by Crippen LogP contribution is -2.12. The number of amides is 1. The fourth-order valence-corrected chi connectivity index (χ4v) is 3.06. The summed E-state index contributed by atoms with van der Waals surface area (Å²) in [6, 6.07) is 12.2. The molecule has 0 saturated carbocycles. The van der Waals surface area contributed by atoms with E-state index in [-0.39, 0.29) is 5.91 Å². The maximum absolute atomic E-state index is 12.3. The standard InChI is InChI=1S/C21H17BrN6O2/c1-13-14(2)28(12-24-13)19-7-8-20(27-26-19)30-18-5-3-17(4-6-18)25-21(29)15-9-16(22)11-23-10-15/h3-12H,1-2H3,(H,25,29). The van der Waals surface area contributed by atoms with Crippen LogP contribution in [0.1, 0.15) is 21.7 Å². The van der Waals surface area contributed by atoms with Gasteiger partial charge in [0.1, 0.15) is 12.1 Å². The minimum Gasteiger partial charge on any atom is -0.438 e. The second kappa shape index (κ2) is 8.42. The van der Waals surface area contributed by atoms with E-state index in [1.54, 1.807) is 48.9 Å². The van der Waals surface area contributed by atoms with Crippen LogP contribution in [-0.4, -0.2) is 30.6 Å². The Balaban J connectivity index is 1.41. The van der Waals surface area contributed by atoms with E-state index in [4.69, 9.17) is 4.74 Å². The number of pyridine rings is 1. The van der Waals surface area contributed by atoms with Gasteiger partial charge >= 0.3 is 0 Å². The highest BCUT2D eigenvalue weighted by Crippen LogP contribution is 2.22. The molecule has 0 atom stereocenters. The van der Waals surface area contributed by atoms with Crippen molar-refractivity contribution in [1.82, 2.24) is 24.7 Å². The molecule has 150 valence electrons. The van der Waals surface area contributed by atoms with Gasteiger partial charge in [-0.3, -0.25) is 14.3 Å². The summed E-state index contributed by atoms with van der Waals surface area (Å²) in [5, 5.41) is 11.1. The van der Waals surface area contributed by atoms with E-state index in [0.29, 0.717) is 28.7 Å². The number of hydrogen-bond donors (Lipinski definition) is 1. The molecular formula is C21H17BrN6O2. The Morgan fingerprint density at radius 3 is 2.50 bits per heavy atom. The number of carbonyl (C=O) groups excluding carboxylic acids is 1. The maximum atomic E-state index is 12.3. The molecule has 0 bridgehead atoms. The highest BCUT2D eigenvalue weighted by atomic mass is 79.9. The van der Waals surface area contributed by atoms with Gasteiger partial charge < -0.3 is 10.1 Å². The second-order valence-electron chi connectivity index (χ2n) is 6.49. The number of imidazole rings is 1. The third-order valence-corrected chi connectivity index (χ3v) is 4.86. The summed E-state index contributed by atoms with van der Waals surface area (Å²) in [6.45, 7) is 3.92. The summed E-state index contributed by atoms with van der Waals surface area (Å²) >= 11 is 3.30. The molecule has 0 aliphatic rings. The molecule has 0 spiro atoms. The largest absolute Gasteiger partial charge is 0.438 e. The van der Waals surface area contributed by atoms with E-state index in [9.17, 15) is 4.79 Å². The van der Waals surface area contributed by atoms with Gasteiger partial charge in [-0.25, -0.2) is 4.98 Å². The molecule has 1 aromatic carbocycles. The van der Waals surface area contributed by atoms with Gasteiger partial charge in [0.25, 0.3) is 5.91 Å². The summed E-state index contributed by atoms with van der Waals surface area (Å²) in [5.41, 5.74) is 3.05. The molecule has 4 aromatic rings. The van der Waals surface area contributed by atoms with Gasteiger partial charge in [-0.15, -0.1) is 10.2 Å². The third kappa shape index (κ3) is 4.36. The predicted molar refractivity (Wildman–Crippen MR) is 115 cm³/mol. The Morgan fingerprint density at radius 1 is 1.07 bits per heavy atom. The lowest BCUT2D eigenvalue weighted by molar-refractivity contribution is 0.102. The average Bonchev–Trinajstić information content (AvgIpc) is 3.08. The van der Waals surface area contributed by atoms with Crippen LogP contribution in [0.15, 0.2) is 65.7 Å². The Morgan fingerprint density at radius 2 is 1.87 bits per heavy atom. The quantitative estimate of drug-likeness (QED) is 0.467. The molecule has 0 fully saturated rings. The van der Waals surface area contributed by atoms with Crippen molar-refractivity contribution in [3.8, 4) is 17.4 Å². The number of aryl methyl sites for hydroxylation is 1. The lowest BCUT2D eigenvalue weighted by atomic mass is 10.2. The predicted octanol–water partition coefficient (Wildman–Crippen LogP) is 4.48. The molecule has 1 amide bonds. The van der Waals surface area contributed by atoms with Crippen LogP contribution >= 0.6 is 15.9 Å². The molecule has 1 N–H and O–H groups in total. The van der Waals surface area contributed by atoms with Gasteiger partial charge in [0.2, 0.25) is 5.88 Å². The first-order valence-corrected chi connectivity index (χ1v) is 9.83. The van der Waals surface area contributed by atoms with Gasteiger partial charge in [0.05, 0.1) is 11.3 Å². The second-order valence-corrected chi connectivity index (χ2v) is 7.40. The number of hydrogen-bond acceptors (Lipinski definition) is 6. The number of aromatic nitrogens is 5. The Labute approximate surface area is 181 Å². The summed E-state index contributed by atoms with van der Waals surface area (Å²) < 4.78 is 8.34. The van der Waals surface area contributed by atoms with Crippen molar-refractivity contribution >= 4 is 27.5 Å². The Kier molecular flexibility index (Phi) is 5.53. The van der Waals surface area contributed by atoms with Crippen molar-refractivity contribution in [2.75, 3.05) is 5.32 Å². The molecule has 0 unspecified atom stereocenters. The Hall–Kier alpha value is -3.59. The van der Waals surface area contributed by atoms with Crippen molar-refractivity contribution in [2.45, 2.75) is 13.8 Å².